The second kappa shape index (κ2) is 6.07. The van der Waals surface area contributed by atoms with E-state index >= 15 is 0 Å². The molecule has 0 aromatic heterocycles. The van der Waals surface area contributed by atoms with Crippen molar-refractivity contribution in [2.24, 2.45) is 5.92 Å². The first-order valence-electron chi connectivity index (χ1n) is 6.60. The molecule has 1 aromatic carbocycles. The van der Waals surface area contributed by atoms with Crippen LogP contribution in [0.15, 0.2) is 18.2 Å². The SMILES string of the molecule is O=C(Cc1cc(F)cc(F)c1)CC1CCCCC1. The van der Waals surface area contributed by atoms with Gasteiger partial charge in [0.2, 0.25) is 0 Å². The zero-order chi connectivity index (χ0) is 13.0. The summed E-state index contributed by atoms with van der Waals surface area (Å²) in [5.74, 6) is -0.664. The number of ketones is 1. The van der Waals surface area contributed by atoms with Crippen molar-refractivity contribution in [3.63, 3.8) is 0 Å². The Morgan fingerprint density at radius 1 is 1.06 bits per heavy atom. The third-order valence-electron chi connectivity index (χ3n) is 3.56. The maximum Gasteiger partial charge on any atom is 0.137 e. The fourth-order valence-electron chi connectivity index (χ4n) is 2.73. The molecule has 1 aromatic rings. The lowest BCUT2D eigenvalue weighted by atomic mass is 9.85. The summed E-state index contributed by atoms with van der Waals surface area (Å²) in [5, 5.41) is 0. The minimum atomic E-state index is -0.615. The molecule has 0 spiro atoms. The average Bonchev–Trinajstić information content (AvgIpc) is 2.28. The molecule has 0 heterocycles. The molecule has 1 fully saturated rings. The number of carbonyl (C=O) groups is 1. The Labute approximate surface area is 106 Å². The Hall–Kier alpha value is -1.25. The number of benzene rings is 1. The van der Waals surface area contributed by atoms with E-state index in [4.69, 9.17) is 0 Å². The van der Waals surface area contributed by atoms with E-state index in [2.05, 4.69) is 0 Å². The molecule has 1 aliphatic rings. The number of rotatable bonds is 4. The quantitative estimate of drug-likeness (QED) is 0.790. The highest BCUT2D eigenvalue weighted by Gasteiger charge is 2.17. The molecule has 0 N–H and O–H groups in total. The Bertz CT molecular complexity index is 402. The van der Waals surface area contributed by atoms with Gasteiger partial charge in [0.25, 0.3) is 0 Å². The molecule has 0 aliphatic heterocycles. The Morgan fingerprint density at radius 3 is 2.28 bits per heavy atom. The highest BCUT2D eigenvalue weighted by Crippen LogP contribution is 2.26. The van der Waals surface area contributed by atoms with Crippen LogP contribution < -0.4 is 0 Å². The van der Waals surface area contributed by atoms with Crippen molar-refractivity contribution >= 4 is 5.78 Å². The van der Waals surface area contributed by atoms with Crippen LogP contribution in [0.3, 0.4) is 0 Å². The maximum atomic E-state index is 13.0. The summed E-state index contributed by atoms with van der Waals surface area (Å²) in [5.41, 5.74) is 0.438. The summed E-state index contributed by atoms with van der Waals surface area (Å²) in [4.78, 5) is 11.9. The van der Waals surface area contributed by atoms with E-state index in [-0.39, 0.29) is 12.2 Å². The summed E-state index contributed by atoms with van der Waals surface area (Å²) in [7, 11) is 0. The van der Waals surface area contributed by atoms with Crippen LogP contribution in [0.1, 0.15) is 44.1 Å². The summed E-state index contributed by atoms with van der Waals surface area (Å²) in [6.07, 6.45) is 6.59. The van der Waals surface area contributed by atoms with Crippen LogP contribution in [-0.4, -0.2) is 5.78 Å². The van der Waals surface area contributed by atoms with Crippen molar-refractivity contribution in [2.75, 3.05) is 0 Å². The second-order valence-electron chi connectivity index (χ2n) is 5.20. The van der Waals surface area contributed by atoms with Gasteiger partial charge in [0, 0.05) is 18.9 Å². The predicted molar refractivity (Wildman–Crippen MR) is 66.3 cm³/mol. The molecule has 0 unspecified atom stereocenters. The van der Waals surface area contributed by atoms with Crippen LogP contribution in [0.4, 0.5) is 8.78 Å². The monoisotopic (exact) mass is 252 g/mol. The van der Waals surface area contributed by atoms with Gasteiger partial charge >= 0.3 is 0 Å². The van der Waals surface area contributed by atoms with E-state index in [1.165, 1.54) is 31.4 Å². The zero-order valence-corrected chi connectivity index (χ0v) is 10.4. The van der Waals surface area contributed by atoms with Crippen LogP contribution in [-0.2, 0) is 11.2 Å². The fourth-order valence-corrected chi connectivity index (χ4v) is 2.73. The average molecular weight is 252 g/mol. The lowest BCUT2D eigenvalue weighted by molar-refractivity contribution is -0.119. The predicted octanol–water partition coefficient (Wildman–Crippen LogP) is 4.05. The third-order valence-corrected chi connectivity index (χ3v) is 3.56. The molecule has 18 heavy (non-hydrogen) atoms. The largest absolute Gasteiger partial charge is 0.299 e. The smallest absolute Gasteiger partial charge is 0.137 e. The number of carbonyl (C=O) groups excluding carboxylic acids is 1. The highest BCUT2D eigenvalue weighted by molar-refractivity contribution is 5.81. The molecule has 0 amide bonds. The molecule has 0 atom stereocenters. The van der Waals surface area contributed by atoms with E-state index < -0.39 is 11.6 Å². The molecule has 0 radical (unpaired) electrons. The standard InChI is InChI=1S/C15H18F2O/c16-13-6-12(7-14(17)10-13)9-15(18)8-11-4-2-1-3-5-11/h6-7,10-11H,1-5,8-9H2. The number of hydrogen-bond donors (Lipinski definition) is 0. The first-order valence-corrected chi connectivity index (χ1v) is 6.60. The summed E-state index contributed by atoms with van der Waals surface area (Å²) in [6, 6.07) is 3.30. The Morgan fingerprint density at radius 2 is 1.67 bits per heavy atom. The van der Waals surface area contributed by atoms with Gasteiger partial charge in [-0.05, 0) is 23.6 Å². The van der Waals surface area contributed by atoms with Crippen molar-refractivity contribution in [2.45, 2.75) is 44.9 Å². The van der Waals surface area contributed by atoms with Gasteiger partial charge in [-0.25, -0.2) is 8.78 Å². The van der Waals surface area contributed by atoms with Crippen molar-refractivity contribution in [1.82, 2.24) is 0 Å². The van der Waals surface area contributed by atoms with E-state index in [1.807, 2.05) is 0 Å². The zero-order valence-electron chi connectivity index (χ0n) is 10.4. The topological polar surface area (TPSA) is 17.1 Å². The molecule has 98 valence electrons. The van der Waals surface area contributed by atoms with Gasteiger partial charge in [0.05, 0.1) is 0 Å². The molecule has 1 nitrogen and oxygen atoms in total. The summed E-state index contributed by atoms with van der Waals surface area (Å²) < 4.78 is 26.0. The molecule has 0 bridgehead atoms. The van der Waals surface area contributed by atoms with Crippen LogP contribution in [0, 0.1) is 17.6 Å². The van der Waals surface area contributed by atoms with Gasteiger partial charge in [-0.2, -0.15) is 0 Å². The van der Waals surface area contributed by atoms with Gasteiger partial charge < -0.3 is 0 Å². The van der Waals surface area contributed by atoms with Crippen molar-refractivity contribution in [1.29, 1.82) is 0 Å². The number of hydrogen-bond acceptors (Lipinski definition) is 1. The van der Waals surface area contributed by atoms with Gasteiger partial charge in [-0.3, -0.25) is 4.79 Å². The van der Waals surface area contributed by atoms with E-state index in [0.29, 0.717) is 17.9 Å². The minimum Gasteiger partial charge on any atom is -0.299 e. The van der Waals surface area contributed by atoms with Crippen LogP contribution in [0.2, 0.25) is 0 Å². The van der Waals surface area contributed by atoms with Crippen molar-refractivity contribution in [3.8, 4) is 0 Å². The number of halogens is 2. The first-order chi connectivity index (χ1) is 8.63. The second-order valence-corrected chi connectivity index (χ2v) is 5.20. The molecule has 0 saturated heterocycles. The van der Waals surface area contributed by atoms with Gasteiger partial charge in [0.1, 0.15) is 17.4 Å². The molecular weight excluding hydrogens is 234 g/mol. The lowest BCUT2D eigenvalue weighted by Gasteiger charge is -2.20. The van der Waals surface area contributed by atoms with Crippen molar-refractivity contribution < 1.29 is 13.6 Å². The van der Waals surface area contributed by atoms with Gasteiger partial charge in [0.15, 0.2) is 0 Å². The van der Waals surface area contributed by atoms with E-state index in [9.17, 15) is 13.6 Å². The normalized spacial score (nSPS) is 16.8. The summed E-state index contributed by atoms with van der Waals surface area (Å²) in [6.45, 7) is 0. The fraction of sp³-hybridized carbons (Fsp3) is 0.533. The van der Waals surface area contributed by atoms with E-state index in [0.717, 1.165) is 18.9 Å². The maximum absolute atomic E-state index is 13.0. The molecule has 1 aliphatic carbocycles. The van der Waals surface area contributed by atoms with Gasteiger partial charge in [-0.1, -0.05) is 32.1 Å². The molecular formula is C15H18F2O. The van der Waals surface area contributed by atoms with Crippen LogP contribution in [0.25, 0.3) is 0 Å². The lowest BCUT2D eigenvalue weighted by Crippen LogP contribution is -2.13. The van der Waals surface area contributed by atoms with Crippen molar-refractivity contribution in [3.05, 3.63) is 35.4 Å². The number of Topliss-reactive ketones (excluding diaryl/α,β-unsaturated/α-hetero) is 1. The van der Waals surface area contributed by atoms with Crippen LogP contribution in [0.5, 0.6) is 0 Å². The minimum absolute atomic E-state index is 0.0897. The molecule has 2 rings (SSSR count). The Kier molecular flexibility index (Phi) is 4.45. The summed E-state index contributed by atoms with van der Waals surface area (Å²) >= 11 is 0. The third kappa shape index (κ3) is 3.90. The molecule has 3 heteroatoms. The van der Waals surface area contributed by atoms with E-state index in [1.54, 1.807) is 0 Å². The van der Waals surface area contributed by atoms with Gasteiger partial charge in [-0.15, -0.1) is 0 Å². The highest BCUT2D eigenvalue weighted by atomic mass is 19.1. The first kappa shape index (κ1) is 13.2. The Balaban J connectivity index is 1.89. The molecule has 1 saturated carbocycles. The van der Waals surface area contributed by atoms with Crippen LogP contribution >= 0.6 is 0 Å².